The molecule has 0 saturated carbocycles. The van der Waals surface area contributed by atoms with Crippen LogP contribution in [0.4, 0.5) is 10.5 Å². The number of benzene rings is 2. The number of rotatable bonds is 8. The Morgan fingerprint density at radius 3 is 2.42 bits per heavy atom. The van der Waals surface area contributed by atoms with E-state index in [9.17, 15) is 19.2 Å². The van der Waals surface area contributed by atoms with Gasteiger partial charge in [0, 0.05) is 5.69 Å². The minimum atomic E-state index is -0.608. The number of imide groups is 1. The summed E-state index contributed by atoms with van der Waals surface area (Å²) in [5.74, 6) is -1.59. The highest BCUT2D eigenvalue weighted by atomic mass is 35.5. The fourth-order valence-corrected chi connectivity index (χ4v) is 4.24. The molecule has 33 heavy (non-hydrogen) atoms. The summed E-state index contributed by atoms with van der Waals surface area (Å²) < 4.78 is 10.1. The zero-order valence-electron chi connectivity index (χ0n) is 17.3. The van der Waals surface area contributed by atoms with Crippen LogP contribution in [-0.4, -0.2) is 47.7 Å². The molecule has 1 aliphatic heterocycles. The number of halogens is 2. The Bertz CT molecular complexity index is 1100. The molecule has 1 N–H and O–H groups in total. The topological polar surface area (TPSA) is 102 Å². The molecule has 0 atom stereocenters. The van der Waals surface area contributed by atoms with Gasteiger partial charge in [0.05, 0.1) is 21.6 Å². The highest BCUT2D eigenvalue weighted by Gasteiger charge is 2.36. The Kier molecular flexibility index (Phi) is 8.37. The highest BCUT2D eigenvalue weighted by molar-refractivity contribution is 8.18. The van der Waals surface area contributed by atoms with Crippen molar-refractivity contribution in [3.8, 4) is 5.75 Å². The van der Waals surface area contributed by atoms with E-state index < -0.39 is 29.6 Å². The van der Waals surface area contributed by atoms with E-state index in [2.05, 4.69) is 5.32 Å². The number of thioether (sulfide) groups is 1. The average Bonchev–Trinajstić information content (AvgIpc) is 3.01. The van der Waals surface area contributed by atoms with E-state index >= 15 is 0 Å². The zero-order valence-corrected chi connectivity index (χ0v) is 19.6. The third-order valence-corrected chi connectivity index (χ3v) is 5.66. The first-order valence-corrected chi connectivity index (χ1v) is 11.2. The van der Waals surface area contributed by atoms with Crippen LogP contribution in [-0.2, 0) is 19.1 Å². The van der Waals surface area contributed by atoms with Crippen LogP contribution in [0.2, 0.25) is 10.0 Å². The standard InChI is InChI=1S/C22H18Cl2N2O6S/c1-2-31-19(28)12-32-20-15(23)8-13(9-16(20)24)10-17-21(29)26(22(30)33-17)11-18(27)25-14-6-4-3-5-7-14/h3-10H,2,11-12H2,1H3,(H,25,27)/b17-10-. The molecular formula is C22H18Cl2N2O6S. The Balaban J connectivity index is 1.69. The van der Waals surface area contributed by atoms with Gasteiger partial charge in [-0.15, -0.1) is 0 Å². The first kappa shape index (κ1) is 24.6. The van der Waals surface area contributed by atoms with Crippen LogP contribution in [0.5, 0.6) is 5.75 Å². The Morgan fingerprint density at radius 1 is 1.12 bits per heavy atom. The molecule has 1 aliphatic rings. The number of hydrogen-bond acceptors (Lipinski definition) is 7. The van der Waals surface area contributed by atoms with Crippen molar-refractivity contribution in [2.75, 3.05) is 25.1 Å². The van der Waals surface area contributed by atoms with E-state index in [-0.39, 0.29) is 33.9 Å². The predicted octanol–water partition coefficient (Wildman–Crippen LogP) is 4.61. The summed E-state index contributed by atoms with van der Waals surface area (Å²) in [6, 6.07) is 11.6. The number of amides is 3. The van der Waals surface area contributed by atoms with Crippen molar-refractivity contribution in [1.82, 2.24) is 4.90 Å². The average molecular weight is 509 g/mol. The third kappa shape index (κ3) is 6.50. The van der Waals surface area contributed by atoms with Crippen molar-refractivity contribution in [1.29, 1.82) is 0 Å². The van der Waals surface area contributed by atoms with E-state index in [1.807, 2.05) is 0 Å². The van der Waals surface area contributed by atoms with Crippen molar-refractivity contribution in [2.24, 2.45) is 0 Å². The molecule has 0 bridgehead atoms. The minimum Gasteiger partial charge on any atom is -0.479 e. The van der Waals surface area contributed by atoms with Gasteiger partial charge in [0.2, 0.25) is 5.91 Å². The lowest BCUT2D eigenvalue weighted by Gasteiger charge is -2.12. The summed E-state index contributed by atoms with van der Waals surface area (Å²) in [6.45, 7) is 1.10. The fraction of sp³-hybridized carbons (Fsp3) is 0.182. The molecule has 0 radical (unpaired) electrons. The van der Waals surface area contributed by atoms with Crippen LogP contribution in [0.25, 0.3) is 6.08 Å². The Morgan fingerprint density at radius 2 is 1.79 bits per heavy atom. The minimum absolute atomic E-state index is 0.0919. The Hall–Kier alpha value is -3.01. The zero-order chi connectivity index (χ0) is 24.0. The molecule has 0 aliphatic carbocycles. The van der Waals surface area contributed by atoms with Crippen molar-refractivity contribution in [2.45, 2.75) is 6.92 Å². The van der Waals surface area contributed by atoms with E-state index in [4.69, 9.17) is 32.7 Å². The number of hydrogen-bond donors (Lipinski definition) is 1. The molecule has 1 saturated heterocycles. The molecule has 2 aromatic rings. The molecular weight excluding hydrogens is 491 g/mol. The van der Waals surface area contributed by atoms with Crippen LogP contribution in [0.15, 0.2) is 47.4 Å². The summed E-state index contributed by atoms with van der Waals surface area (Å²) in [7, 11) is 0. The molecule has 1 fully saturated rings. The van der Waals surface area contributed by atoms with Crippen LogP contribution >= 0.6 is 35.0 Å². The molecule has 0 spiro atoms. The normalized spacial score (nSPS) is 14.5. The van der Waals surface area contributed by atoms with Gasteiger partial charge in [0.15, 0.2) is 12.4 Å². The second kappa shape index (κ2) is 11.2. The van der Waals surface area contributed by atoms with Crippen LogP contribution in [0.3, 0.4) is 0 Å². The monoisotopic (exact) mass is 508 g/mol. The number of carbonyl (C=O) groups is 4. The number of nitrogens with zero attached hydrogens (tertiary/aromatic N) is 1. The van der Waals surface area contributed by atoms with Gasteiger partial charge in [0.25, 0.3) is 11.1 Å². The summed E-state index contributed by atoms with van der Waals surface area (Å²) in [4.78, 5) is 49.6. The van der Waals surface area contributed by atoms with Crippen LogP contribution < -0.4 is 10.1 Å². The second-order valence-electron chi connectivity index (χ2n) is 6.59. The van der Waals surface area contributed by atoms with Gasteiger partial charge in [-0.3, -0.25) is 19.3 Å². The quantitative estimate of drug-likeness (QED) is 0.410. The van der Waals surface area contributed by atoms with Gasteiger partial charge < -0.3 is 14.8 Å². The molecule has 1 heterocycles. The molecule has 172 valence electrons. The van der Waals surface area contributed by atoms with Crippen molar-refractivity contribution in [3.63, 3.8) is 0 Å². The smallest absolute Gasteiger partial charge is 0.344 e. The largest absolute Gasteiger partial charge is 0.479 e. The summed E-state index contributed by atoms with van der Waals surface area (Å²) in [5.41, 5.74) is 0.993. The summed E-state index contributed by atoms with van der Waals surface area (Å²) in [6.07, 6.45) is 1.44. The number of esters is 1. The molecule has 3 rings (SSSR count). The summed E-state index contributed by atoms with van der Waals surface area (Å²) >= 11 is 13.1. The summed E-state index contributed by atoms with van der Waals surface area (Å²) in [5, 5.41) is 2.28. The lowest BCUT2D eigenvalue weighted by Crippen LogP contribution is -2.36. The first-order valence-electron chi connectivity index (χ1n) is 9.66. The van der Waals surface area contributed by atoms with Gasteiger partial charge in [-0.1, -0.05) is 41.4 Å². The maximum absolute atomic E-state index is 12.7. The van der Waals surface area contributed by atoms with Gasteiger partial charge >= 0.3 is 5.97 Å². The molecule has 8 nitrogen and oxygen atoms in total. The SMILES string of the molecule is CCOC(=O)COc1c(Cl)cc(/C=C2\SC(=O)N(CC(=O)Nc3ccccc3)C2=O)cc1Cl. The van der Waals surface area contributed by atoms with Gasteiger partial charge in [-0.05, 0) is 54.6 Å². The van der Waals surface area contributed by atoms with Gasteiger partial charge in [0.1, 0.15) is 6.54 Å². The maximum Gasteiger partial charge on any atom is 0.344 e. The second-order valence-corrected chi connectivity index (χ2v) is 8.40. The number of para-hydroxylation sites is 1. The van der Waals surface area contributed by atoms with E-state index in [0.717, 1.165) is 4.90 Å². The Labute approximate surface area is 203 Å². The lowest BCUT2D eigenvalue weighted by molar-refractivity contribution is -0.145. The molecule has 0 aromatic heterocycles. The third-order valence-electron chi connectivity index (χ3n) is 4.19. The van der Waals surface area contributed by atoms with Crippen molar-refractivity contribution >= 4 is 69.8 Å². The van der Waals surface area contributed by atoms with Crippen LogP contribution in [0.1, 0.15) is 12.5 Å². The van der Waals surface area contributed by atoms with Crippen molar-refractivity contribution in [3.05, 3.63) is 63.0 Å². The lowest BCUT2D eigenvalue weighted by atomic mass is 10.2. The van der Waals surface area contributed by atoms with Crippen molar-refractivity contribution < 1.29 is 28.7 Å². The fourth-order valence-electron chi connectivity index (χ4n) is 2.79. The number of carbonyl (C=O) groups excluding carboxylic acids is 4. The van der Waals surface area contributed by atoms with Gasteiger partial charge in [-0.25, -0.2) is 4.79 Å². The van der Waals surface area contributed by atoms with E-state index in [1.165, 1.54) is 18.2 Å². The number of ether oxygens (including phenoxy) is 2. The first-order chi connectivity index (χ1) is 15.8. The number of nitrogens with one attached hydrogen (secondary N) is 1. The van der Waals surface area contributed by atoms with E-state index in [1.54, 1.807) is 37.3 Å². The predicted molar refractivity (Wildman–Crippen MR) is 126 cm³/mol. The van der Waals surface area contributed by atoms with Gasteiger partial charge in [-0.2, -0.15) is 0 Å². The van der Waals surface area contributed by atoms with Crippen LogP contribution in [0, 0.1) is 0 Å². The number of anilines is 1. The molecule has 3 amide bonds. The molecule has 11 heteroatoms. The van der Waals surface area contributed by atoms with E-state index in [0.29, 0.717) is 23.0 Å². The molecule has 2 aromatic carbocycles. The maximum atomic E-state index is 12.7. The molecule has 0 unspecified atom stereocenters. The highest BCUT2D eigenvalue weighted by Crippen LogP contribution is 2.37.